The maximum atomic E-state index is 12.9. The van der Waals surface area contributed by atoms with Crippen LogP contribution in [0.4, 0.5) is 5.69 Å². The summed E-state index contributed by atoms with van der Waals surface area (Å²) >= 11 is 6.05. The lowest BCUT2D eigenvalue weighted by molar-refractivity contribution is -0.135. The molecule has 0 bridgehead atoms. The summed E-state index contributed by atoms with van der Waals surface area (Å²) in [5, 5.41) is 11.5. The minimum Gasteiger partial charge on any atom is -0.497 e. The Bertz CT molecular complexity index is 878. The molecule has 0 saturated carbocycles. The van der Waals surface area contributed by atoms with Crippen molar-refractivity contribution in [3.8, 4) is 5.75 Å². The topological polar surface area (TPSA) is 66.8 Å². The molecule has 0 aromatic heterocycles. The number of methoxy groups -OCH3 is 1. The van der Waals surface area contributed by atoms with E-state index in [9.17, 15) is 14.7 Å². The highest BCUT2D eigenvalue weighted by Crippen LogP contribution is 2.44. The molecular weight excluding hydrogens is 354 g/mol. The number of fused-ring (bicyclic) bond motifs is 1. The molecule has 0 fully saturated rings. The Labute approximate surface area is 156 Å². The molecule has 0 unspecified atom stereocenters. The molecule has 1 aliphatic heterocycles. The predicted octanol–water partition coefficient (Wildman–Crippen LogP) is 3.34. The van der Waals surface area contributed by atoms with E-state index in [-0.39, 0.29) is 18.7 Å². The summed E-state index contributed by atoms with van der Waals surface area (Å²) in [4.78, 5) is 27.0. The number of benzene rings is 2. The van der Waals surface area contributed by atoms with Gasteiger partial charge >= 0.3 is 0 Å². The maximum absolute atomic E-state index is 12.9. The first-order valence-corrected chi connectivity index (χ1v) is 8.41. The second-order valence-corrected chi connectivity index (χ2v) is 6.49. The summed E-state index contributed by atoms with van der Waals surface area (Å²) in [7, 11) is 1.53. The molecule has 2 aromatic carbocycles. The largest absolute Gasteiger partial charge is 0.497 e. The van der Waals surface area contributed by atoms with Crippen LogP contribution in [0, 0.1) is 0 Å². The van der Waals surface area contributed by atoms with Crippen molar-refractivity contribution < 1.29 is 19.4 Å². The van der Waals surface area contributed by atoms with E-state index >= 15 is 0 Å². The number of ether oxygens (including phenoxy) is 1. The van der Waals surface area contributed by atoms with Gasteiger partial charge in [-0.25, -0.2) is 0 Å². The molecule has 0 saturated heterocycles. The average molecular weight is 372 g/mol. The highest BCUT2D eigenvalue weighted by molar-refractivity contribution is 6.31. The van der Waals surface area contributed by atoms with Gasteiger partial charge in [0.05, 0.1) is 19.2 Å². The standard InChI is InChI=1S/C20H18ClNO4/c1-3-10-22-17-9-6-14(21)11-16(17)20(25,19(22)24)12-18(23)13-4-7-15(26-2)8-5-13/h3-9,11,25H,1,10,12H2,2H3/t20-/m1/s1. The van der Waals surface area contributed by atoms with Gasteiger partial charge in [0, 0.05) is 22.7 Å². The quantitative estimate of drug-likeness (QED) is 0.624. The fraction of sp³-hybridized carbons (Fsp3) is 0.200. The molecule has 6 heteroatoms. The Morgan fingerprint density at radius 2 is 2.00 bits per heavy atom. The molecule has 2 aromatic rings. The third-order valence-corrected chi connectivity index (χ3v) is 4.67. The maximum Gasteiger partial charge on any atom is 0.264 e. The molecule has 1 atom stereocenters. The van der Waals surface area contributed by atoms with Crippen LogP contribution < -0.4 is 9.64 Å². The Hall–Kier alpha value is -2.63. The first kappa shape index (κ1) is 18.2. The summed E-state index contributed by atoms with van der Waals surface area (Å²) in [5.41, 5.74) is -0.707. The van der Waals surface area contributed by atoms with Crippen LogP contribution in [0.25, 0.3) is 0 Å². The number of nitrogens with zero attached hydrogens (tertiary/aromatic N) is 1. The Morgan fingerprint density at radius 1 is 1.31 bits per heavy atom. The van der Waals surface area contributed by atoms with Crippen LogP contribution in [0.2, 0.25) is 5.02 Å². The van der Waals surface area contributed by atoms with Gasteiger partial charge in [-0.2, -0.15) is 0 Å². The van der Waals surface area contributed by atoms with Gasteiger partial charge in [0.15, 0.2) is 11.4 Å². The smallest absolute Gasteiger partial charge is 0.264 e. The molecule has 3 rings (SSSR count). The lowest BCUT2D eigenvalue weighted by atomic mass is 9.88. The van der Waals surface area contributed by atoms with Gasteiger partial charge in [-0.3, -0.25) is 9.59 Å². The summed E-state index contributed by atoms with van der Waals surface area (Å²) in [6.07, 6.45) is 1.19. The van der Waals surface area contributed by atoms with E-state index in [1.807, 2.05) is 0 Å². The summed E-state index contributed by atoms with van der Waals surface area (Å²) in [6.45, 7) is 3.87. The highest BCUT2D eigenvalue weighted by Gasteiger charge is 2.50. The van der Waals surface area contributed by atoms with Crippen LogP contribution in [0.15, 0.2) is 55.1 Å². The van der Waals surface area contributed by atoms with E-state index in [0.29, 0.717) is 27.6 Å². The Balaban J connectivity index is 1.97. The van der Waals surface area contributed by atoms with Crippen molar-refractivity contribution in [2.75, 3.05) is 18.6 Å². The van der Waals surface area contributed by atoms with Crippen LogP contribution in [0.5, 0.6) is 5.75 Å². The van der Waals surface area contributed by atoms with Crippen LogP contribution in [-0.2, 0) is 10.4 Å². The van der Waals surface area contributed by atoms with Crippen molar-refractivity contribution in [2.45, 2.75) is 12.0 Å². The fourth-order valence-corrected chi connectivity index (χ4v) is 3.29. The molecule has 0 aliphatic carbocycles. The number of hydrogen-bond acceptors (Lipinski definition) is 4. The van der Waals surface area contributed by atoms with E-state index in [4.69, 9.17) is 16.3 Å². The zero-order valence-corrected chi connectivity index (χ0v) is 15.0. The van der Waals surface area contributed by atoms with E-state index in [0.717, 1.165) is 0 Å². The van der Waals surface area contributed by atoms with Crippen molar-refractivity contribution >= 4 is 29.0 Å². The van der Waals surface area contributed by atoms with E-state index in [2.05, 4.69) is 6.58 Å². The van der Waals surface area contributed by atoms with E-state index in [1.54, 1.807) is 42.5 Å². The minimum absolute atomic E-state index is 0.229. The monoisotopic (exact) mass is 371 g/mol. The van der Waals surface area contributed by atoms with Crippen molar-refractivity contribution in [2.24, 2.45) is 0 Å². The lowest BCUT2D eigenvalue weighted by Crippen LogP contribution is -2.41. The number of carbonyl (C=O) groups excluding carboxylic acids is 2. The lowest BCUT2D eigenvalue weighted by Gasteiger charge is -2.22. The van der Waals surface area contributed by atoms with E-state index < -0.39 is 11.5 Å². The minimum atomic E-state index is -1.96. The highest BCUT2D eigenvalue weighted by atomic mass is 35.5. The Morgan fingerprint density at radius 3 is 2.62 bits per heavy atom. The Kier molecular flexibility index (Phi) is 4.85. The molecule has 134 valence electrons. The van der Waals surface area contributed by atoms with Gasteiger partial charge in [-0.05, 0) is 42.5 Å². The average Bonchev–Trinajstić information content (AvgIpc) is 2.84. The van der Waals surface area contributed by atoms with Crippen LogP contribution in [0.3, 0.4) is 0 Å². The molecule has 1 amide bonds. The van der Waals surface area contributed by atoms with Crippen LogP contribution in [-0.4, -0.2) is 30.5 Å². The fourth-order valence-electron chi connectivity index (χ4n) is 3.12. The molecule has 26 heavy (non-hydrogen) atoms. The predicted molar refractivity (Wildman–Crippen MR) is 99.8 cm³/mol. The molecular formula is C20H18ClNO4. The van der Waals surface area contributed by atoms with Crippen LogP contribution >= 0.6 is 11.6 Å². The van der Waals surface area contributed by atoms with Crippen molar-refractivity contribution in [3.05, 3.63) is 71.3 Å². The molecule has 1 N–H and O–H groups in total. The number of ketones is 1. The zero-order valence-electron chi connectivity index (χ0n) is 14.2. The van der Waals surface area contributed by atoms with Gasteiger partial charge in [-0.1, -0.05) is 17.7 Å². The normalized spacial score (nSPS) is 18.6. The number of amides is 1. The van der Waals surface area contributed by atoms with E-state index in [1.165, 1.54) is 18.1 Å². The molecule has 1 heterocycles. The van der Waals surface area contributed by atoms with Crippen LogP contribution in [0.1, 0.15) is 22.3 Å². The second kappa shape index (κ2) is 6.94. The summed E-state index contributed by atoms with van der Waals surface area (Å²) < 4.78 is 5.07. The zero-order chi connectivity index (χ0) is 18.9. The molecule has 0 spiro atoms. The van der Waals surface area contributed by atoms with Crippen molar-refractivity contribution in [3.63, 3.8) is 0 Å². The number of aliphatic hydroxyl groups is 1. The van der Waals surface area contributed by atoms with Gasteiger partial charge in [0.2, 0.25) is 0 Å². The number of halogens is 1. The van der Waals surface area contributed by atoms with Crippen molar-refractivity contribution in [1.29, 1.82) is 0 Å². The third kappa shape index (κ3) is 3.00. The molecule has 5 nitrogen and oxygen atoms in total. The van der Waals surface area contributed by atoms with Gasteiger partial charge in [0.1, 0.15) is 5.75 Å². The number of carbonyl (C=O) groups is 2. The number of anilines is 1. The summed E-state index contributed by atoms with van der Waals surface area (Å²) in [5.74, 6) is -0.294. The first-order valence-electron chi connectivity index (χ1n) is 8.03. The van der Waals surface area contributed by atoms with Gasteiger partial charge in [0.25, 0.3) is 5.91 Å². The van der Waals surface area contributed by atoms with Gasteiger partial charge < -0.3 is 14.7 Å². The third-order valence-electron chi connectivity index (χ3n) is 4.43. The molecule has 1 aliphatic rings. The van der Waals surface area contributed by atoms with Gasteiger partial charge in [-0.15, -0.1) is 6.58 Å². The first-order chi connectivity index (χ1) is 12.4. The number of rotatable bonds is 6. The van der Waals surface area contributed by atoms with Crippen molar-refractivity contribution in [1.82, 2.24) is 0 Å². The SMILES string of the molecule is C=CCN1C(=O)[C@@](O)(CC(=O)c2ccc(OC)cc2)c2cc(Cl)ccc21. The molecule has 0 radical (unpaired) electrons. The second-order valence-electron chi connectivity index (χ2n) is 6.05. The number of hydrogen-bond donors (Lipinski definition) is 1. The summed E-state index contributed by atoms with van der Waals surface area (Å²) in [6, 6.07) is 11.3. The number of Topliss-reactive ketones (excluding diaryl/α,β-unsaturated/α-hetero) is 1.